The van der Waals surface area contributed by atoms with Crippen molar-refractivity contribution in [2.45, 2.75) is 13.8 Å². The third-order valence-electron chi connectivity index (χ3n) is 0.743. The van der Waals surface area contributed by atoms with Crippen molar-refractivity contribution >= 4 is 16.8 Å². The molecule has 0 aromatic rings. The van der Waals surface area contributed by atoms with E-state index < -0.39 is 0 Å². The van der Waals surface area contributed by atoms with Crippen LogP contribution in [0.5, 0.6) is 0 Å². The van der Waals surface area contributed by atoms with Crippen molar-refractivity contribution in [3.8, 4) is 0 Å². The standard InChI is InChI=1S/C5H7ClO/c1-3-4(2)5(6)7/h3H,1-2H3. The van der Waals surface area contributed by atoms with Crippen LogP contribution in [0.1, 0.15) is 13.8 Å². The molecule has 0 aromatic carbocycles. The van der Waals surface area contributed by atoms with Gasteiger partial charge in [-0.25, -0.2) is 0 Å². The van der Waals surface area contributed by atoms with E-state index in [1.807, 2.05) is 0 Å². The third kappa shape index (κ3) is 2.40. The van der Waals surface area contributed by atoms with Crippen molar-refractivity contribution in [3.05, 3.63) is 11.6 Å². The largest absolute Gasteiger partial charge is 0.276 e. The smallest absolute Gasteiger partial charge is 0.247 e. The lowest BCUT2D eigenvalue weighted by atomic mass is 10.3. The molecule has 2 heteroatoms. The van der Waals surface area contributed by atoms with Gasteiger partial charge in [0.25, 0.3) is 0 Å². The van der Waals surface area contributed by atoms with Gasteiger partial charge in [0.05, 0.1) is 0 Å². The molecule has 0 fully saturated rings. The van der Waals surface area contributed by atoms with E-state index in [9.17, 15) is 4.79 Å². The maximum absolute atomic E-state index is 10.1. The summed E-state index contributed by atoms with van der Waals surface area (Å²) in [5.74, 6) is 0. The highest BCUT2D eigenvalue weighted by Crippen LogP contribution is 1.95. The van der Waals surface area contributed by atoms with Gasteiger partial charge >= 0.3 is 0 Å². The Morgan fingerprint density at radius 2 is 2.14 bits per heavy atom. The summed E-state index contributed by atoms with van der Waals surface area (Å²) in [6.07, 6.45) is 1.68. The molecule has 0 aliphatic rings. The summed E-state index contributed by atoms with van der Waals surface area (Å²) in [5, 5.41) is -0.373. The topological polar surface area (TPSA) is 17.1 Å². The Bertz CT molecular complexity index is 105. The van der Waals surface area contributed by atoms with Crippen LogP contribution in [0, 0.1) is 0 Å². The lowest BCUT2D eigenvalue weighted by Gasteiger charge is -1.82. The number of rotatable bonds is 1. The van der Waals surface area contributed by atoms with Crippen LogP contribution in [0.2, 0.25) is 0 Å². The Hall–Kier alpha value is -0.300. The highest BCUT2D eigenvalue weighted by atomic mass is 35.5. The van der Waals surface area contributed by atoms with Crippen molar-refractivity contribution in [2.75, 3.05) is 0 Å². The zero-order valence-electron chi connectivity index (χ0n) is 4.36. The van der Waals surface area contributed by atoms with Gasteiger partial charge in [-0.05, 0) is 25.4 Å². The average molecular weight is 119 g/mol. The second-order valence-electron chi connectivity index (χ2n) is 1.25. The van der Waals surface area contributed by atoms with Crippen LogP contribution >= 0.6 is 11.6 Å². The normalized spacial score (nSPS) is 11.6. The first-order valence-corrected chi connectivity index (χ1v) is 2.39. The number of allylic oxidation sites excluding steroid dienone is 2. The minimum absolute atomic E-state index is 0.373. The quantitative estimate of drug-likeness (QED) is 0.379. The maximum atomic E-state index is 10.1. The van der Waals surface area contributed by atoms with Crippen LogP contribution in [-0.2, 0) is 4.79 Å². The van der Waals surface area contributed by atoms with Gasteiger partial charge in [0.2, 0.25) is 5.24 Å². The molecule has 0 unspecified atom stereocenters. The zero-order chi connectivity index (χ0) is 5.86. The summed E-state index contributed by atoms with van der Waals surface area (Å²) in [6, 6.07) is 0. The van der Waals surface area contributed by atoms with Crippen LogP contribution in [0.3, 0.4) is 0 Å². The highest BCUT2D eigenvalue weighted by Gasteiger charge is 1.92. The van der Waals surface area contributed by atoms with Crippen LogP contribution in [0.25, 0.3) is 0 Å². The number of carbonyl (C=O) groups excluding carboxylic acids is 1. The lowest BCUT2D eigenvalue weighted by molar-refractivity contribution is -0.108. The summed E-state index contributed by atoms with van der Waals surface area (Å²) in [4.78, 5) is 10.1. The molecule has 0 spiro atoms. The minimum atomic E-state index is -0.373. The van der Waals surface area contributed by atoms with Crippen LogP contribution in [0.15, 0.2) is 11.6 Å². The van der Waals surface area contributed by atoms with E-state index in [4.69, 9.17) is 11.6 Å². The molecule has 0 saturated carbocycles. The fourth-order valence-corrected chi connectivity index (χ4v) is 0.223. The number of carbonyl (C=O) groups is 1. The molecule has 0 bridgehead atoms. The molecule has 0 aliphatic heterocycles. The van der Waals surface area contributed by atoms with Gasteiger partial charge in [0.15, 0.2) is 0 Å². The minimum Gasteiger partial charge on any atom is -0.276 e. The number of hydrogen-bond acceptors (Lipinski definition) is 1. The van der Waals surface area contributed by atoms with Gasteiger partial charge in [0, 0.05) is 5.57 Å². The van der Waals surface area contributed by atoms with E-state index in [0.29, 0.717) is 5.57 Å². The van der Waals surface area contributed by atoms with Gasteiger partial charge in [0.1, 0.15) is 0 Å². The summed E-state index contributed by atoms with van der Waals surface area (Å²) in [7, 11) is 0. The maximum Gasteiger partial charge on any atom is 0.247 e. The monoisotopic (exact) mass is 118 g/mol. The van der Waals surface area contributed by atoms with Gasteiger partial charge in [-0.15, -0.1) is 0 Å². The summed E-state index contributed by atoms with van der Waals surface area (Å²) >= 11 is 5.02. The summed E-state index contributed by atoms with van der Waals surface area (Å²) in [6.45, 7) is 3.45. The average Bonchev–Trinajstić information content (AvgIpc) is 1.65. The van der Waals surface area contributed by atoms with E-state index in [-0.39, 0.29) is 5.24 Å². The molecule has 0 atom stereocenters. The fraction of sp³-hybridized carbons (Fsp3) is 0.400. The van der Waals surface area contributed by atoms with E-state index in [0.717, 1.165) is 0 Å². The fourth-order valence-electron chi connectivity index (χ4n) is 0.113. The second-order valence-corrected chi connectivity index (χ2v) is 1.59. The Kier molecular flexibility index (Phi) is 2.68. The van der Waals surface area contributed by atoms with E-state index in [2.05, 4.69) is 0 Å². The van der Waals surface area contributed by atoms with Gasteiger partial charge < -0.3 is 0 Å². The first-order chi connectivity index (χ1) is 3.18. The highest BCUT2D eigenvalue weighted by molar-refractivity contribution is 6.67. The first-order valence-electron chi connectivity index (χ1n) is 2.01. The van der Waals surface area contributed by atoms with Crippen molar-refractivity contribution in [3.63, 3.8) is 0 Å². The van der Waals surface area contributed by atoms with Crippen molar-refractivity contribution in [1.29, 1.82) is 0 Å². The van der Waals surface area contributed by atoms with Gasteiger partial charge in [-0.1, -0.05) is 6.08 Å². The molecule has 1 nitrogen and oxygen atoms in total. The summed E-state index contributed by atoms with van der Waals surface area (Å²) < 4.78 is 0. The predicted molar refractivity (Wildman–Crippen MR) is 30.3 cm³/mol. The zero-order valence-corrected chi connectivity index (χ0v) is 5.12. The van der Waals surface area contributed by atoms with Crippen LogP contribution in [-0.4, -0.2) is 5.24 Å². The van der Waals surface area contributed by atoms with Crippen molar-refractivity contribution in [2.24, 2.45) is 0 Å². The van der Waals surface area contributed by atoms with Crippen molar-refractivity contribution in [1.82, 2.24) is 0 Å². The summed E-state index contributed by atoms with van der Waals surface area (Å²) in [5.41, 5.74) is 0.599. The Morgan fingerprint density at radius 3 is 2.14 bits per heavy atom. The Balaban J connectivity index is 3.82. The molecular weight excluding hydrogens is 112 g/mol. The molecule has 0 aromatic heterocycles. The Morgan fingerprint density at radius 1 is 1.71 bits per heavy atom. The van der Waals surface area contributed by atoms with E-state index in [1.54, 1.807) is 19.9 Å². The molecule has 0 N–H and O–H groups in total. The van der Waals surface area contributed by atoms with E-state index >= 15 is 0 Å². The second kappa shape index (κ2) is 2.80. The molecule has 0 aliphatic carbocycles. The number of hydrogen-bond donors (Lipinski definition) is 0. The molecule has 0 radical (unpaired) electrons. The van der Waals surface area contributed by atoms with Crippen molar-refractivity contribution < 1.29 is 4.79 Å². The first kappa shape index (κ1) is 6.70. The van der Waals surface area contributed by atoms with Crippen LogP contribution < -0.4 is 0 Å². The number of halogens is 1. The molecule has 0 rings (SSSR count). The molecule has 0 amide bonds. The van der Waals surface area contributed by atoms with Gasteiger partial charge in [-0.3, -0.25) is 4.79 Å². The Labute approximate surface area is 48.0 Å². The SMILES string of the molecule is CC=C(C)C(=O)Cl. The van der Waals surface area contributed by atoms with Crippen LogP contribution in [0.4, 0.5) is 0 Å². The molecule has 7 heavy (non-hydrogen) atoms. The molecule has 0 heterocycles. The lowest BCUT2D eigenvalue weighted by Crippen LogP contribution is -1.84. The third-order valence-corrected chi connectivity index (χ3v) is 1.04. The predicted octanol–water partition coefficient (Wildman–Crippen LogP) is 1.72. The van der Waals surface area contributed by atoms with E-state index in [1.165, 1.54) is 0 Å². The van der Waals surface area contributed by atoms with Gasteiger partial charge in [-0.2, -0.15) is 0 Å². The molecule has 0 saturated heterocycles. The molecule has 40 valence electrons. The molecular formula is C5H7ClO.